The number of halogens is 2. The quantitative estimate of drug-likeness (QED) is 0.193. The van der Waals surface area contributed by atoms with Gasteiger partial charge >= 0.3 is 6.03 Å². The molecule has 14 nitrogen and oxygen atoms in total. The maximum Gasteiger partial charge on any atom is 0.328 e. The Kier molecular flexibility index (Phi) is 9.36. The van der Waals surface area contributed by atoms with Gasteiger partial charge in [-0.05, 0) is 56.0 Å². The van der Waals surface area contributed by atoms with E-state index in [1.165, 1.54) is 11.1 Å². The molecule has 0 bridgehead atoms. The molecule has 0 radical (unpaired) electrons. The first-order valence-corrected chi connectivity index (χ1v) is 19.6. The monoisotopic (exact) mass is 780 g/mol. The van der Waals surface area contributed by atoms with E-state index in [-0.39, 0.29) is 36.5 Å². The number of piperidine rings is 2. The van der Waals surface area contributed by atoms with Crippen molar-refractivity contribution in [3.05, 3.63) is 77.2 Å². The molecule has 3 saturated heterocycles. The molecule has 0 unspecified atom stereocenters. The standard InChI is InChI=1S/C40H42ClFN10O4/c1-43-32-20-30(47-52-35(21-44-37(32)52)38(54)45-31-19-29(31)42)27-22-51(33-5-3-2-4-26(27)33)25-10-13-48(14-11-25)24-8-15-49(16-9-24)39(55)23-6-7-28(41)34(18-23)50-17-12-36(53)46-40(50)56/h2-7,18,20-22,24-25,29,31,43H,8-17,19H2,1H3,(H,45,54)(H,46,53,56)/t29-,31+/m0/s1. The Bertz CT molecular complexity index is 2380. The topological polar surface area (TPSA) is 149 Å². The lowest BCUT2D eigenvalue weighted by Gasteiger charge is -2.42. The summed E-state index contributed by atoms with van der Waals surface area (Å²) < 4.78 is 17.5. The Balaban J connectivity index is 0.872. The second-order valence-corrected chi connectivity index (χ2v) is 15.5. The van der Waals surface area contributed by atoms with Crippen LogP contribution in [0, 0.1) is 0 Å². The maximum absolute atomic E-state index is 13.6. The Morgan fingerprint density at radius 3 is 2.45 bits per heavy atom. The smallest absolute Gasteiger partial charge is 0.328 e. The number of aromatic nitrogens is 4. The summed E-state index contributed by atoms with van der Waals surface area (Å²) in [6.45, 7) is 3.35. The van der Waals surface area contributed by atoms with Gasteiger partial charge in [-0.3, -0.25) is 24.6 Å². The second-order valence-electron chi connectivity index (χ2n) is 15.1. The fourth-order valence-corrected chi connectivity index (χ4v) is 8.72. The molecule has 1 aliphatic carbocycles. The molecule has 3 aliphatic heterocycles. The van der Waals surface area contributed by atoms with Crippen molar-refractivity contribution < 1.29 is 23.6 Å². The van der Waals surface area contributed by atoms with Crippen LogP contribution in [-0.4, -0.2) is 111 Å². The maximum atomic E-state index is 13.6. The van der Waals surface area contributed by atoms with E-state index in [0.29, 0.717) is 53.2 Å². The van der Waals surface area contributed by atoms with E-state index in [4.69, 9.17) is 16.7 Å². The first kappa shape index (κ1) is 36.1. The highest BCUT2D eigenvalue weighted by Gasteiger charge is 2.39. The number of likely N-dealkylation sites (tertiary alicyclic amines) is 2. The van der Waals surface area contributed by atoms with Crippen LogP contribution in [0.3, 0.4) is 0 Å². The van der Waals surface area contributed by atoms with Crippen LogP contribution in [0.15, 0.2) is 60.9 Å². The van der Waals surface area contributed by atoms with E-state index in [9.17, 15) is 23.6 Å². The van der Waals surface area contributed by atoms with Gasteiger partial charge in [0.1, 0.15) is 6.17 Å². The molecule has 56 heavy (non-hydrogen) atoms. The SMILES string of the molecule is CNc1cc(-c2cn(C3CCN(C4CCN(C(=O)c5ccc(Cl)c(N6CCC(=O)NC6=O)c5)CC4)CC3)c3ccccc23)nn2c(C(=O)N[C@@H]3C[C@@H]3F)cnc12. The van der Waals surface area contributed by atoms with Gasteiger partial charge in [0.15, 0.2) is 11.3 Å². The van der Waals surface area contributed by atoms with Crippen LogP contribution < -0.4 is 20.9 Å². The summed E-state index contributed by atoms with van der Waals surface area (Å²) in [4.78, 5) is 61.1. The number of amides is 5. The zero-order valence-electron chi connectivity index (χ0n) is 30.9. The van der Waals surface area contributed by atoms with E-state index in [2.05, 4.69) is 48.7 Å². The fraction of sp³-hybridized carbons (Fsp3) is 0.400. The van der Waals surface area contributed by atoms with Gasteiger partial charge in [0.2, 0.25) is 5.91 Å². The third-order valence-corrected chi connectivity index (χ3v) is 12.0. The Morgan fingerprint density at radius 2 is 1.71 bits per heavy atom. The number of alkyl halides is 1. The van der Waals surface area contributed by atoms with Gasteiger partial charge in [0.25, 0.3) is 11.8 Å². The average Bonchev–Trinajstić information content (AvgIpc) is 3.56. The molecule has 2 atom stereocenters. The van der Waals surface area contributed by atoms with E-state index in [0.717, 1.165) is 60.9 Å². The Morgan fingerprint density at radius 1 is 0.964 bits per heavy atom. The molecular weight excluding hydrogens is 739 g/mol. The highest BCUT2D eigenvalue weighted by atomic mass is 35.5. The number of benzene rings is 2. The molecular formula is C40H42ClFN10O4. The number of imidazole rings is 1. The molecule has 5 amide bonds. The van der Waals surface area contributed by atoms with E-state index >= 15 is 0 Å². The molecule has 4 aliphatic rings. The van der Waals surface area contributed by atoms with Crippen LogP contribution in [0.4, 0.5) is 20.6 Å². The number of para-hydroxylation sites is 1. The number of carbonyl (C=O) groups is 4. The average molecular weight is 781 g/mol. The Hall–Kier alpha value is -5.54. The van der Waals surface area contributed by atoms with Crippen LogP contribution in [0.25, 0.3) is 27.8 Å². The summed E-state index contributed by atoms with van der Waals surface area (Å²) in [5.74, 6) is -0.830. The van der Waals surface area contributed by atoms with Crippen molar-refractivity contribution in [3.8, 4) is 11.3 Å². The van der Waals surface area contributed by atoms with Crippen molar-refractivity contribution in [1.82, 2.24) is 39.6 Å². The molecule has 9 rings (SSSR count). The largest absolute Gasteiger partial charge is 0.385 e. The zero-order chi connectivity index (χ0) is 38.7. The summed E-state index contributed by atoms with van der Waals surface area (Å²) in [6.07, 6.45) is 6.82. The molecule has 4 fully saturated rings. The van der Waals surface area contributed by atoms with Gasteiger partial charge in [-0.25, -0.2) is 18.7 Å². The molecule has 1 saturated carbocycles. The summed E-state index contributed by atoms with van der Waals surface area (Å²) >= 11 is 6.42. The van der Waals surface area contributed by atoms with Gasteiger partial charge in [-0.1, -0.05) is 29.8 Å². The number of carbonyl (C=O) groups excluding carboxylic acids is 4. The predicted molar refractivity (Wildman–Crippen MR) is 210 cm³/mol. The molecule has 3 aromatic heterocycles. The van der Waals surface area contributed by atoms with Gasteiger partial charge in [0.05, 0.1) is 34.3 Å². The molecule has 16 heteroatoms. The van der Waals surface area contributed by atoms with Gasteiger partial charge < -0.3 is 25.0 Å². The summed E-state index contributed by atoms with van der Waals surface area (Å²) in [5, 5.41) is 14.6. The molecule has 5 aromatic rings. The second kappa shape index (κ2) is 14.5. The highest BCUT2D eigenvalue weighted by Crippen LogP contribution is 2.37. The van der Waals surface area contributed by atoms with Crippen molar-refractivity contribution in [2.75, 3.05) is 50.0 Å². The van der Waals surface area contributed by atoms with Crippen LogP contribution in [-0.2, 0) is 4.79 Å². The minimum absolute atomic E-state index is 0.0972. The molecule has 2 aromatic carbocycles. The van der Waals surface area contributed by atoms with E-state index in [1.54, 1.807) is 22.7 Å². The molecule has 0 spiro atoms. The van der Waals surface area contributed by atoms with E-state index in [1.807, 2.05) is 30.1 Å². The summed E-state index contributed by atoms with van der Waals surface area (Å²) in [6, 6.07) is 14.9. The fourth-order valence-electron chi connectivity index (χ4n) is 8.50. The van der Waals surface area contributed by atoms with Gasteiger partial charge in [0, 0.05) is 92.9 Å². The number of hydrogen-bond donors (Lipinski definition) is 3. The van der Waals surface area contributed by atoms with Crippen molar-refractivity contribution in [2.45, 2.75) is 62.8 Å². The van der Waals surface area contributed by atoms with Gasteiger partial charge in [-0.15, -0.1) is 0 Å². The lowest BCUT2D eigenvalue weighted by atomic mass is 9.97. The third kappa shape index (κ3) is 6.61. The number of urea groups is 1. The predicted octanol–water partition coefficient (Wildman–Crippen LogP) is 5.27. The molecule has 3 N–H and O–H groups in total. The van der Waals surface area contributed by atoms with Crippen molar-refractivity contribution in [1.29, 1.82) is 0 Å². The minimum atomic E-state index is -1.01. The number of rotatable bonds is 8. The summed E-state index contributed by atoms with van der Waals surface area (Å²) in [7, 11) is 1.81. The first-order chi connectivity index (χ1) is 27.2. The third-order valence-electron chi connectivity index (χ3n) is 11.7. The van der Waals surface area contributed by atoms with Crippen LogP contribution in [0.5, 0.6) is 0 Å². The van der Waals surface area contributed by atoms with Crippen LogP contribution >= 0.6 is 11.6 Å². The lowest BCUT2D eigenvalue weighted by molar-refractivity contribution is -0.120. The molecule has 6 heterocycles. The van der Waals surface area contributed by atoms with Crippen molar-refractivity contribution in [3.63, 3.8) is 0 Å². The number of anilines is 2. The van der Waals surface area contributed by atoms with E-state index < -0.39 is 24.2 Å². The van der Waals surface area contributed by atoms with Gasteiger partial charge in [-0.2, -0.15) is 5.10 Å². The number of fused-ring (bicyclic) bond motifs is 2. The Labute approximate surface area is 326 Å². The first-order valence-electron chi connectivity index (χ1n) is 19.2. The highest BCUT2D eigenvalue weighted by molar-refractivity contribution is 6.34. The number of imide groups is 1. The summed E-state index contributed by atoms with van der Waals surface area (Å²) in [5.41, 5.74) is 5.14. The number of nitrogens with zero attached hydrogens (tertiary/aromatic N) is 7. The minimum Gasteiger partial charge on any atom is -0.385 e. The molecule has 290 valence electrons. The lowest BCUT2D eigenvalue weighted by Crippen LogP contribution is -2.50. The van der Waals surface area contributed by atoms with Crippen molar-refractivity contribution in [2.24, 2.45) is 0 Å². The van der Waals surface area contributed by atoms with Crippen LogP contribution in [0.1, 0.15) is 65.4 Å². The number of nitrogens with one attached hydrogen (secondary N) is 3. The van der Waals surface area contributed by atoms with Crippen molar-refractivity contribution >= 4 is 63.3 Å². The number of hydrogen-bond acceptors (Lipinski definition) is 8. The zero-order valence-corrected chi connectivity index (χ0v) is 31.6. The normalized spacial score (nSPS) is 21.1. The van der Waals surface area contributed by atoms with Crippen LogP contribution in [0.2, 0.25) is 5.02 Å².